The number of hydrogen-bond donors (Lipinski definition) is 1. The lowest BCUT2D eigenvalue weighted by molar-refractivity contribution is -0.176. The van der Waals surface area contributed by atoms with Gasteiger partial charge in [-0.2, -0.15) is 0 Å². The van der Waals surface area contributed by atoms with E-state index in [0.29, 0.717) is 0 Å². The molecule has 1 N–H and O–H groups in total. The third-order valence-electron chi connectivity index (χ3n) is 5.83. The molecule has 1 amide bonds. The topological polar surface area (TPSA) is 85.3 Å². The Labute approximate surface area is 165 Å². The van der Waals surface area contributed by atoms with Crippen LogP contribution in [-0.2, 0) is 30.4 Å². The van der Waals surface area contributed by atoms with Crippen molar-refractivity contribution >= 4 is 11.9 Å². The predicted molar refractivity (Wildman–Crippen MR) is 101 cm³/mol. The third kappa shape index (κ3) is 2.93. The fourth-order valence-corrected chi connectivity index (χ4v) is 4.24. The van der Waals surface area contributed by atoms with Crippen LogP contribution in [0.1, 0.15) is 33.3 Å². The summed E-state index contributed by atoms with van der Waals surface area (Å²) in [5.74, 6) is -1.87. The number of nitrogens with zero attached hydrogens (tertiary/aromatic N) is 1. The first-order chi connectivity index (χ1) is 13.1. The van der Waals surface area contributed by atoms with Crippen LogP contribution in [0.2, 0.25) is 0 Å². The van der Waals surface area contributed by atoms with E-state index in [1.807, 2.05) is 51.1 Å². The standard InChI is InChI=1S/C21H29NO6/c1-14-16(23)22-17(19(2,3)4)28-12-20(22,18(24)26-5)21(14,25)13-27-11-15-9-7-6-8-10-15/h6-10,14,17,25H,11-13H2,1-5H3/t14-,17-,20+,21+/m1/s1. The molecule has 0 saturated carbocycles. The Balaban J connectivity index is 1.94. The first-order valence-electron chi connectivity index (χ1n) is 9.47. The number of hydrogen-bond acceptors (Lipinski definition) is 6. The van der Waals surface area contributed by atoms with E-state index in [-0.39, 0.29) is 25.7 Å². The van der Waals surface area contributed by atoms with E-state index in [1.54, 1.807) is 6.92 Å². The molecule has 4 atom stereocenters. The van der Waals surface area contributed by atoms with Gasteiger partial charge in [-0.3, -0.25) is 9.69 Å². The van der Waals surface area contributed by atoms with Crippen molar-refractivity contribution in [3.63, 3.8) is 0 Å². The van der Waals surface area contributed by atoms with Gasteiger partial charge in [0.25, 0.3) is 0 Å². The Morgan fingerprint density at radius 2 is 1.96 bits per heavy atom. The summed E-state index contributed by atoms with van der Waals surface area (Å²) in [5, 5.41) is 11.6. The predicted octanol–water partition coefficient (Wildman–Crippen LogP) is 1.73. The maximum Gasteiger partial charge on any atom is 0.337 e. The summed E-state index contributed by atoms with van der Waals surface area (Å²) in [4.78, 5) is 27.4. The van der Waals surface area contributed by atoms with Crippen LogP contribution >= 0.6 is 0 Å². The maximum atomic E-state index is 13.1. The Kier molecular flexibility index (Phi) is 5.29. The summed E-state index contributed by atoms with van der Waals surface area (Å²) in [6.07, 6.45) is -0.648. The van der Waals surface area contributed by atoms with Gasteiger partial charge in [0.1, 0.15) is 11.8 Å². The Morgan fingerprint density at radius 1 is 1.32 bits per heavy atom. The molecular formula is C21H29NO6. The van der Waals surface area contributed by atoms with Gasteiger partial charge in [-0.25, -0.2) is 4.79 Å². The van der Waals surface area contributed by atoms with E-state index < -0.39 is 34.7 Å². The normalized spacial score (nSPS) is 32.5. The van der Waals surface area contributed by atoms with Gasteiger partial charge in [-0.05, 0) is 5.56 Å². The summed E-state index contributed by atoms with van der Waals surface area (Å²) >= 11 is 0. The summed E-state index contributed by atoms with van der Waals surface area (Å²) in [7, 11) is 1.25. The fraction of sp³-hybridized carbons (Fsp3) is 0.619. The zero-order valence-corrected chi connectivity index (χ0v) is 17.1. The molecule has 0 aliphatic carbocycles. The van der Waals surface area contributed by atoms with Crippen molar-refractivity contribution in [2.75, 3.05) is 20.3 Å². The molecule has 1 aromatic carbocycles. The summed E-state index contributed by atoms with van der Waals surface area (Å²) in [6.45, 7) is 7.32. The van der Waals surface area contributed by atoms with E-state index in [4.69, 9.17) is 14.2 Å². The van der Waals surface area contributed by atoms with Crippen molar-refractivity contribution in [3.8, 4) is 0 Å². The number of carbonyl (C=O) groups is 2. The van der Waals surface area contributed by atoms with Gasteiger partial charge >= 0.3 is 5.97 Å². The number of aliphatic hydroxyl groups is 1. The second kappa shape index (κ2) is 7.13. The first-order valence-corrected chi connectivity index (χ1v) is 9.47. The van der Waals surface area contributed by atoms with Gasteiger partial charge in [-0.15, -0.1) is 0 Å². The van der Waals surface area contributed by atoms with E-state index in [9.17, 15) is 14.7 Å². The molecule has 7 nitrogen and oxygen atoms in total. The molecule has 0 aromatic heterocycles. The molecule has 2 aliphatic rings. The second-order valence-corrected chi connectivity index (χ2v) is 8.71. The van der Waals surface area contributed by atoms with Crippen LogP contribution in [0.4, 0.5) is 0 Å². The Morgan fingerprint density at radius 3 is 2.54 bits per heavy atom. The second-order valence-electron chi connectivity index (χ2n) is 8.71. The largest absolute Gasteiger partial charge is 0.467 e. The molecule has 0 radical (unpaired) electrons. The molecule has 3 rings (SSSR count). The lowest BCUT2D eigenvalue weighted by Gasteiger charge is -2.41. The molecule has 0 bridgehead atoms. The number of carbonyl (C=O) groups excluding carboxylic acids is 2. The van der Waals surface area contributed by atoms with Crippen LogP contribution in [0.3, 0.4) is 0 Å². The van der Waals surface area contributed by atoms with Gasteiger partial charge in [0.05, 0.1) is 32.8 Å². The van der Waals surface area contributed by atoms with E-state index in [1.165, 1.54) is 12.0 Å². The van der Waals surface area contributed by atoms with Gasteiger partial charge in [0.15, 0.2) is 5.54 Å². The van der Waals surface area contributed by atoms with Gasteiger partial charge in [0.2, 0.25) is 5.91 Å². The first kappa shape index (κ1) is 20.8. The molecule has 2 heterocycles. The lowest BCUT2D eigenvalue weighted by Crippen LogP contribution is -2.67. The van der Waals surface area contributed by atoms with Crippen LogP contribution in [0.5, 0.6) is 0 Å². The minimum atomic E-state index is -1.77. The molecule has 28 heavy (non-hydrogen) atoms. The van der Waals surface area contributed by atoms with Crippen molar-refractivity contribution in [2.24, 2.45) is 11.3 Å². The zero-order valence-electron chi connectivity index (χ0n) is 17.1. The van der Waals surface area contributed by atoms with Crippen molar-refractivity contribution in [3.05, 3.63) is 35.9 Å². The van der Waals surface area contributed by atoms with Crippen molar-refractivity contribution in [2.45, 2.75) is 51.7 Å². The van der Waals surface area contributed by atoms with Crippen LogP contribution < -0.4 is 0 Å². The Hall–Kier alpha value is -1.96. The SMILES string of the molecule is COC(=O)[C@]12CO[C@H](C(C)(C)C)N1C(=O)[C@@H](C)[C@@]2(O)COCc1ccccc1. The van der Waals surface area contributed by atoms with Crippen molar-refractivity contribution in [1.82, 2.24) is 4.90 Å². The van der Waals surface area contributed by atoms with E-state index >= 15 is 0 Å². The zero-order chi connectivity index (χ0) is 20.7. The van der Waals surface area contributed by atoms with Crippen LogP contribution in [-0.4, -0.2) is 59.6 Å². The van der Waals surface area contributed by atoms with Gasteiger partial charge in [-0.1, -0.05) is 58.0 Å². The monoisotopic (exact) mass is 391 g/mol. The van der Waals surface area contributed by atoms with Gasteiger partial charge in [0, 0.05) is 5.41 Å². The molecule has 0 spiro atoms. The average Bonchev–Trinajstić information content (AvgIpc) is 3.14. The third-order valence-corrected chi connectivity index (χ3v) is 5.83. The van der Waals surface area contributed by atoms with E-state index in [0.717, 1.165) is 5.56 Å². The molecule has 154 valence electrons. The number of fused-ring (bicyclic) bond motifs is 1. The fourth-order valence-electron chi connectivity index (χ4n) is 4.24. The van der Waals surface area contributed by atoms with Crippen LogP contribution in [0, 0.1) is 11.3 Å². The van der Waals surface area contributed by atoms with Crippen LogP contribution in [0.15, 0.2) is 30.3 Å². The highest BCUT2D eigenvalue weighted by Crippen LogP contribution is 2.52. The Bertz CT molecular complexity index is 745. The molecule has 1 aromatic rings. The number of rotatable bonds is 5. The molecule has 0 unspecified atom stereocenters. The van der Waals surface area contributed by atoms with Crippen molar-refractivity contribution in [1.29, 1.82) is 0 Å². The lowest BCUT2D eigenvalue weighted by atomic mass is 9.76. The summed E-state index contributed by atoms with van der Waals surface area (Å²) < 4.78 is 16.7. The number of esters is 1. The maximum absolute atomic E-state index is 13.1. The number of ether oxygens (including phenoxy) is 3. The number of benzene rings is 1. The number of amides is 1. The molecular weight excluding hydrogens is 362 g/mol. The molecule has 7 heteroatoms. The van der Waals surface area contributed by atoms with Crippen LogP contribution in [0.25, 0.3) is 0 Å². The highest BCUT2D eigenvalue weighted by molar-refractivity contribution is 5.96. The summed E-state index contributed by atoms with van der Waals surface area (Å²) in [5.41, 5.74) is -2.91. The quantitative estimate of drug-likeness (QED) is 0.770. The highest BCUT2D eigenvalue weighted by Gasteiger charge is 2.76. The van der Waals surface area contributed by atoms with Gasteiger partial charge < -0.3 is 19.3 Å². The molecule has 2 aliphatic heterocycles. The smallest absolute Gasteiger partial charge is 0.337 e. The molecule has 2 fully saturated rings. The minimum absolute atomic E-state index is 0.136. The minimum Gasteiger partial charge on any atom is -0.467 e. The molecule has 2 saturated heterocycles. The van der Waals surface area contributed by atoms with Crippen molar-refractivity contribution < 1.29 is 28.9 Å². The number of methoxy groups -OCH3 is 1. The summed E-state index contributed by atoms with van der Waals surface area (Å²) in [6, 6.07) is 9.51. The highest BCUT2D eigenvalue weighted by atomic mass is 16.6. The van der Waals surface area contributed by atoms with E-state index in [2.05, 4.69) is 0 Å². The average molecular weight is 391 g/mol.